The van der Waals surface area contributed by atoms with Crippen LogP contribution in [0.2, 0.25) is 0 Å². The number of nitrogens with zero attached hydrogens (tertiary/aromatic N) is 2. The number of benzene rings is 2. The number of carbonyl (C=O) groups is 1. The summed E-state index contributed by atoms with van der Waals surface area (Å²) in [5.74, 6) is -7.55. The SMILES string of the molecule is Cc1cc(C(=O)Nc2c(F)c(F)cc(F)c2F)n(-c2ccccc2)n1. The molecule has 1 amide bonds. The van der Waals surface area contributed by atoms with Gasteiger partial charge in [0.1, 0.15) is 11.4 Å². The van der Waals surface area contributed by atoms with Gasteiger partial charge in [0.15, 0.2) is 23.3 Å². The normalized spacial score (nSPS) is 10.8. The molecular formula is C17H11F4N3O. The first-order chi connectivity index (χ1) is 11.9. The molecule has 0 saturated carbocycles. The molecule has 0 radical (unpaired) electrons. The van der Waals surface area contributed by atoms with Gasteiger partial charge in [-0.05, 0) is 25.1 Å². The number of halogens is 4. The highest BCUT2D eigenvalue weighted by Gasteiger charge is 2.23. The zero-order valence-electron chi connectivity index (χ0n) is 12.9. The van der Waals surface area contributed by atoms with Gasteiger partial charge in [-0.25, -0.2) is 22.2 Å². The fourth-order valence-corrected chi connectivity index (χ4v) is 2.29. The summed E-state index contributed by atoms with van der Waals surface area (Å²) in [6.07, 6.45) is 0. The Kier molecular flexibility index (Phi) is 4.26. The summed E-state index contributed by atoms with van der Waals surface area (Å²) in [6, 6.07) is 10.00. The van der Waals surface area contributed by atoms with Crippen molar-refractivity contribution in [2.24, 2.45) is 0 Å². The van der Waals surface area contributed by atoms with Gasteiger partial charge in [0, 0.05) is 6.07 Å². The van der Waals surface area contributed by atoms with Crippen LogP contribution in [0.25, 0.3) is 5.69 Å². The van der Waals surface area contributed by atoms with Gasteiger partial charge in [0.05, 0.1) is 11.4 Å². The molecular weight excluding hydrogens is 338 g/mol. The molecule has 1 heterocycles. The Balaban J connectivity index is 2.02. The van der Waals surface area contributed by atoms with Gasteiger partial charge in [0.2, 0.25) is 0 Å². The Morgan fingerprint density at radius 3 is 2.20 bits per heavy atom. The first-order valence-electron chi connectivity index (χ1n) is 7.15. The molecule has 3 rings (SSSR count). The second-order valence-corrected chi connectivity index (χ2v) is 5.22. The van der Waals surface area contributed by atoms with E-state index in [9.17, 15) is 22.4 Å². The summed E-state index contributed by atoms with van der Waals surface area (Å²) in [6.45, 7) is 1.62. The van der Waals surface area contributed by atoms with Crippen LogP contribution in [0, 0.1) is 30.2 Å². The molecule has 25 heavy (non-hydrogen) atoms. The zero-order chi connectivity index (χ0) is 18.1. The van der Waals surface area contributed by atoms with E-state index in [0.29, 0.717) is 11.4 Å². The van der Waals surface area contributed by atoms with E-state index in [4.69, 9.17) is 0 Å². The van der Waals surface area contributed by atoms with Gasteiger partial charge in [-0.3, -0.25) is 4.79 Å². The molecule has 2 aromatic carbocycles. The molecule has 0 aliphatic heterocycles. The molecule has 0 aliphatic carbocycles. The predicted octanol–water partition coefficient (Wildman–Crippen LogP) is 3.99. The summed E-state index contributed by atoms with van der Waals surface area (Å²) >= 11 is 0. The van der Waals surface area contributed by atoms with Crippen LogP contribution in [0.15, 0.2) is 42.5 Å². The summed E-state index contributed by atoms with van der Waals surface area (Å²) in [5, 5.41) is 6.01. The number of nitrogens with one attached hydrogen (secondary N) is 1. The number of anilines is 1. The summed E-state index contributed by atoms with van der Waals surface area (Å²) in [5.41, 5.74) is -0.236. The standard InChI is InChI=1S/C17H11F4N3O/c1-9-7-13(24(23-9)10-5-3-2-4-6-10)17(25)22-16-14(20)11(18)8-12(19)15(16)21/h2-8H,1H3,(H,22,25). The highest BCUT2D eigenvalue weighted by molar-refractivity contribution is 6.03. The molecule has 0 spiro atoms. The molecule has 8 heteroatoms. The molecule has 0 fully saturated rings. The van der Waals surface area contributed by atoms with Gasteiger partial charge in [-0.15, -0.1) is 0 Å². The molecule has 4 nitrogen and oxygen atoms in total. The first-order valence-corrected chi connectivity index (χ1v) is 7.15. The Hall–Kier alpha value is -3.16. The molecule has 1 aromatic heterocycles. The van der Waals surface area contributed by atoms with Crippen LogP contribution in [-0.4, -0.2) is 15.7 Å². The lowest BCUT2D eigenvalue weighted by Gasteiger charge is -2.10. The molecule has 0 bridgehead atoms. The smallest absolute Gasteiger partial charge is 0.274 e. The monoisotopic (exact) mass is 349 g/mol. The number of hydrogen-bond acceptors (Lipinski definition) is 2. The van der Waals surface area contributed by atoms with Gasteiger partial charge >= 0.3 is 0 Å². The summed E-state index contributed by atoms with van der Waals surface area (Å²) in [7, 11) is 0. The minimum Gasteiger partial charge on any atom is -0.316 e. The maximum absolute atomic E-state index is 13.7. The Morgan fingerprint density at radius 1 is 1.00 bits per heavy atom. The van der Waals surface area contributed by atoms with E-state index in [-0.39, 0.29) is 11.8 Å². The second kappa shape index (κ2) is 6.39. The van der Waals surface area contributed by atoms with Gasteiger partial charge < -0.3 is 5.32 Å². The van der Waals surface area contributed by atoms with Crippen LogP contribution in [0.4, 0.5) is 23.2 Å². The average Bonchev–Trinajstić information content (AvgIpc) is 2.99. The average molecular weight is 349 g/mol. The first kappa shape index (κ1) is 16.7. The fourth-order valence-electron chi connectivity index (χ4n) is 2.29. The largest absolute Gasteiger partial charge is 0.316 e. The lowest BCUT2D eigenvalue weighted by atomic mass is 10.2. The second-order valence-electron chi connectivity index (χ2n) is 5.22. The maximum Gasteiger partial charge on any atom is 0.274 e. The number of rotatable bonds is 3. The van der Waals surface area contributed by atoms with E-state index in [1.807, 2.05) is 5.32 Å². The molecule has 0 saturated heterocycles. The summed E-state index contributed by atoms with van der Waals surface area (Å²) in [4.78, 5) is 12.4. The Bertz CT molecular complexity index is 928. The van der Waals surface area contributed by atoms with Crippen LogP contribution >= 0.6 is 0 Å². The van der Waals surface area contributed by atoms with Crippen LogP contribution in [-0.2, 0) is 0 Å². The van der Waals surface area contributed by atoms with E-state index < -0.39 is 34.9 Å². The van der Waals surface area contributed by atoms with E-state index in [0.717, 1.165) is 0 Å². The number of carbonyl (C=O) groups excluding carboxylic acids is 1. The lowest BCUT2D eigenvalue weighted by Crippen LogP contribution is -2.19. The van der Waals surface area contributed by atoms with E-state index in [2.05, 4.69) is 5.10 Å². The van der Waals surface area contributed by atoms with Gasteiger partial charge in [0.25, 0.3) is 5.91 Å². The van der Waals surface area contributed by atoms with Crippen molar-refractivity contribution in [1.29, 1.82) is 0 Å². The zero-order valence-corrected chi connectivity index (χ0v) is 12.9. The fraction of sp³-hybridized carbons (Fsp3) is 0.0588. The van der Waals surface area contributed by atoms with Crippen molar-refractivity contribution < 1.29 is 22.4 Å². The highest BCUT2D eigenvalue weighted by atomic mass is 19.2. The van der Waals surface area contributed by atoms with E-state index in [1.54, 1.807) is 37.3 Å². The third kappa shape index (κ3) is 3.10. The van der Waals surface area contributed by atoms with Crippen molar-refractivity contribution in [1.82, 2.24) is 9.78 Å². The van der Waals surface area contributed by atoms with Crippen LogP contribution in [0.3, 0.4) is 0 Å². The molecule has 0 aliphatic rings. The van der Waals surface area contributed by atoms with Crippen molar-refractivity contribution >= 4 is 11.6 Å². The molecule has 3 aromatic rings. The van der Waals surface area contributed by atoms with Crippen molar-refractivity contribution in [3.63, 3.8) is 0 Å². The van der Waals surface area contributed by atoms with Crippen molar-refractivity contribution in [2.45, 2.75) is 6.92 Å². The quantitative estimate of drug-likeness (QED) is 0.574. The maximum atomic E-state index is 13.7. The third-order valence-electron chi connectivity index (χ3n) is 3.42. The topological polar surface area (TPSA) is 46.9 Å². The molecule has 0 unspecified atom stereocenters. The number of para-hydroxylation sites is 1. The molecule has 128 valence electrons. The lowest BCUT2D eigenvalue weighted by molar-refractivity contribution is 0.101. The number of aromatic nitrogens is 2. The predicted molar refractivity (Wildman–Crippen MR) is 82.5 cm³/mol. The molecule has 0 atom stereocenters. The minimum atomic E-state index is -1.69. The van der Waals surface area contributed by atoms with Crippen LogP contribution < -0.4 is 5.32 Å². The van der Waals surface area contributed by atoms with Crippen molar-refractivity contribution in [3.8, 4) is 5.69 Å². The van der Waals surface area contributed by atoms with Crippen LogP contribution in [0.1, 0.15) is 16.2 Å². The Morgan fingerprint density at radius 2 is 1.60 bits per heavy atom. The van der Waals surface area contributed by atoms with Gasteiger partial charge in [-0.2, -0.15) is 5.10 Å². The highest BCUT2D eigenvalue weighted by Crippen LogP contribution is 2.25. The number of aryl methyl sites for hydroxylation is 1. The van der Waals surface area contributed by atoms with Crippen LogP contribution in [0.5, 0.6) is 0 Å². The molecule has 1 N–H and O–H groups in total. The van der Waals surface area contributed by atoms with E-state index >= 15 is 0 Å². The van der Waals surface area contributed by atoms with E-state index in [1.165, 1.54) is 10.7 Å². The Labute approximate surface area is 139 Å². The number of hydrogen-bond donors (Lipinski definition) is 1. The summed E-state index contributed by atoms with van der Waals surface area (Å²) < 4.78 is 55.3. The van der Waals surface area contributed by atoms with Gasteiger partial charge in [-0.1, -0.05) is 18.2 Å². The minimum absolute atomic E-state index is 0.0489. The third-order valence-corrected chi connectivity index (χ3v) is 3.42. The number of amides is 1. The van der Waals surface area contributed by atoms with Crippen molar-refractivity contribution in [3.05, 3.63) is 77.1 Å². The van der Waals surface area contributed by atoms with Crippen molar-refractivity contribution in [2.75, 3.05) is 5.32 Å².